The van der Waals surface area contributed by atoms with Gasteiger partial charge in [0, 0.05) is 51.9 Å². The predicted octanol–water partition coefficient (Wildman–Crippen LogP) is 1.26. The van der Waals surface area contributed by atoms with Crippen LogP contribution in [0.2, 0.25) is 0 Å². The standard InChI is InChI=1S/C19H29N7O2/c1-14(19-22-15(2)23-28-19)24-6-8-25(9-7-24)17-10-18(21-13-20-17)26-5-3-4-16(11-26)12-27/h10,13-14,16,27H,3-9,11-12H2,1-2H3. The number of rotatable bonds is 5. The van der Waals surface area contributed by atoms with Gasteiger partial charge in [0.25, 0.3) is 0 Å². The van der Waals surface area contributed by atoms with E-state index in [0.717, 1.165) is 63.7 Å². The maximum Gasteiger partial charge on any atom is 0.243 e. The van der Waals surface area contributed by atoms with Gasteiger partial charge >= 0.3 is 0 Å². The van der Waals surface area contributed by atoms with E-state index in [9.17, 15) is 5.11 Å². The lowest BCUT2D eigenvalue weighted by molar-refractivity contribution is 0.164. The van der Waals surface area contributed by atoms with Crippen LogP contribution in [-0.4, -0.2) is 76.0 Å². The SMILES string of the molecule is Cc1noc(C(C)N2CCN(c3cc(N4CCCC(CO)C4)ncn3)CC2)n1. The van der Waals surface area contributed by atoms with Crippen molar-refractivity contribution in [1.29, 1.82) is 0 Å². The average Bonchev–Trinajstić information content (AvgIpc) is 3.20. The Labute approximate surface area is 165 Å². The summed E-state index contributed by atoms with van der Waals surface area (Å²) in [4.78, 5) is 20.3. The molecule has 9 heteroatoms. The predicted molar refractivity (Wildman–Crippen MR) is 105 cm³/mol. The first-order valence-electron chi connectivity index (χ1n) is 10.1. The molecule has 2 fully saturated rings. The number of aryl methyl sites for hydroxylation is 1. The zero-order chi connectivity index (χ0) is 19.5. The summed E-state index contributed by atoms with van der Waals surface area (Å²) in [5.41, 5.74) is 0. The van der Waals surface area contributed by atoms with Crippen LogP contribution in [-0.2, 0) is 0 Å². The monoisotopic (exact) mass is 387 g/mol. The molecule has 2 aromatic rings. The van der Waals surface area contributed by atoms with E-state index in [0.29, 0.717) is 17.6 Å². The summed E-state index contributed by atoms with van der Waals surface area (Å²) < 4.78 is 5.33. The Morgan fingerprint density at radius 3 is 2.57 bits per heavy atom. The average molecular weight is 387 g/mol. The fourth-order valence-electron chi connectivity index (χ4n) is 4.08. The van der Waals surface area contributed by atoms with Crippen molar-refractivity contribution in [1.82, 2.24) is 25.0 Å². The van der Waals surface area contributed by atoms with Crippen LogP contribution >= 0.6 is 0 Å². The number of hydrogen-bond acceptors (Lipinski definition) is 9. The van der Waals surface area contributed by atoms with E-state index in [1.807, 2.05) is 6.92 Å². The third-order valence-electron chi connectivity index (χ3n) is 5.83. The number of nitrogens with zero attached hydrogens (tertiary/aromatic N) is 7. The van der Waals surface area contributed by atoms with Crippen molar-refractivity contribution in [3.63, 3.8) is 0 Å². The van der Waals surface area contributed by atoms with Crippen molar-refractivity contribution in [2.45, 2.75) is 32.7 Å². The molecule has 4 rings (SSSR count). The van der Waals surface area contributed by atoms with Crippen molar-refractivity contribution >= 4 is 11.6 Å². The first kappa shape index (κ1) is 19.1. The summed E-state index contributed by atoms with van der Waals surface area (Å²) in [5.74, 6) is 3.62. The smallest absolute Gasteiger partial charge is 0.243 e. The maximum atomic E-state index is 9.48. The second-order valence-corrected chi connectivity index (χ2v) is 7.75. The number of anilines is 2. The number of aliphatic hydroxyl groups excluding tert-OH is 1. The van der Waals surface area contributed by atoms with E-state index in [4.69, 9.17) is 4.52 Å². The Bertz CT molecular complexity index is 775. The molecule has 0 amide bonds. The lowest BCUT2D eigenvalue weighted by atomic mass is 9.99. The normalized spacial score (nSPS) is 22.5. The van der Waals surface area contributed by atoms with Gasteiger partial charge in [-0.3, -0.25) is 4.90 Å². The molecule has 2 aromatic heterocycles. The Kier molecular flexibility index (Phi) is 5.72. The van der Waals surface area contributed by atoms with Crippen LogP contribution in [0, 0.1) is 12.8 Å². The van der Waals surface area contributed by atoms with Crippen LogP contribution in [0.1, 0.15) is 37.5 Å². The molecule has 0 aliphatic carbocycles. The molecular formula is C19H29N7O2. The van der Waals surface area contributed by atoms with Gasteiger partial charge < -0.3 is 19.4 Å². The summed E-state index contributed by atoms with van der Waals surface area (Å²) >= 11 is 0. The Hall–Kier alpha value is -2.26. The molecule has 152 valence electrons. The van der Waals surface area contributed by atoms with Gasteiger partial charge in [-0.25, -0.2) is 9.97 Å². The highest BCUT2D eigenvalue weighted by molar-refractivity contribution is 5.50. The fraction of sp³-hybridized carbons (Fsp3) is 0.684. The zero-order valence-electron chi connectivity index (χ0n) is 16.7. The van der Waals surface area contributed by atoms with E-state index >= 15 is 0 Å². The van der Waals surface area contributed by atoms with Crippen LogP contribution in [0.3, 0.4) is 0 Å². The highest BCUT2D eigenvalue weighted by atomic mass is 16.5. The number of piperazine rings is 1. The number of aromatic nitrogens is 4. The molecule has 4 heterocycles. The van der Waals surface area contributed by atoms with Crippen LogP contribution < -0.4 is 9.80 Å². The highest BCUT2D eigenvalue weighted by Gasteiger charge is 2.27. The number of hydrogen-bond donors (Lipinski definition) is 1. The summed E-state index contributed by atoms with van der Waals surface area (Å²) in [7, 11) is 0. The number of aliphatic hydroxyl groups is 1. The second-order valence-electron chi connectivity index (χ2n) is 7.75. The molecule has 0 radical (unpaired) electrons. The van der Waals surface area contributed by atoms with Gasteiger partial charge in [-0.05, 0) is 32.6 Å². The van der Waals surface area contributed by atoms with Crippen LogP contribution in [0.25, 0.3) is 0 Å². The topological polar surface area (TPSA) is 94.7 Å². The molecule has 2 atom stereocenters. The van der Waals surface area contributed by atoms with Gasteiger partial charge in [0.2, 0.25) is 5.89 Å². The highest BCUT2D eigenvalue weighted by Crippen LogP contribution is 2.26. The quantitative estimate of drug-likeness (QED) is 0.813. The van der Waals surface area contributed by atoms with E-state index in [1.54, 1.807) is 6.33 Å². The molecular weight excluding hydrogens is 358 g/mol. The molecule has 1 N–H and O–H groups in total. The van der Waals surface area contributed by atoms with Gasteiger partial charge in [-0.15, -0.1) is 0 Å². The molecule has 28 heavy (non-hydrogen) atoms. The largest absolute Gasteiger partial charge is 0.396 e. The van der Waals surface area contributed by atoms with Crippen LogP contribution in [0.4, 0.5) is 11.6 Å². The molecule has 2 aliphatic rings. The third kappa shape index (κ3) is 4.10. The summed E-state index contributed by atoms with van der Waals surface area (Å²) in [5, 5.41) is 13.4. The number of piperidine rings is 1. The fourth-order valence-corrected chi connectivity index (χ4v) is 4.08. The molecule has 2 saturated heterocycles. The molecule has 2 aliphatic heterocycles. The second kappa shape index (κ2) is 8.40. The van der Waals surface area contributed by atoms with Crippen LogP contribution in [0.5, 0.6) is 0 Å². The van der Waals surface area contributed by atoms with Gasteiger partial charge in [-0.2, -0.15) is 4.98 Å². The Morgan fingerprint density at radius 2 is 1.89 bits per heavy atom. The van der Waals surface area contributed by atoms with E-state index in [-0.39, 0.29) is 12.6 Å². The Morgan fingerprint density at radius 1 is 1.14 bits per heavy atom. The van der Waals surface area contributed by atoms with Gasteiger partial charge in [0.05, 0.1) is 6.04 Å². The maximum absolute atomic E-state index is 9.48. The first-order valence-corrected chi connectivity index (χ1v) is 10.1. The van der Waals surface area contributed by atoms with Crippen molar-refractivity contribution in [2.24, 2.45) is 5.92 Å². The molecule has 2 unspecified atom stereocenters. The lowest BCUT2D eigenvalue weighted by Crippen LogP contribution is -2.47. The molecule has 0 aromatic carbocycles. The summed E-state index contributed by atoms with van der Waals surface area (Å²) in [6.07, 6.45) is 3.84. The van der Waals surface area contributed by atoms with Crippen molar-refractivity contribution in [2.75, 3.05) is 55.7 Å². The van der Waals surface area contributed by atoms with E-state index in [2.05, 4.69) is 47.8 Å². The molecule has 0 saturated carbocycles. The van der Waals surface area contributed by atoms with E-state index < -0.39 is 0 Å². The third-order valence-corrected chi connectivity index (χ3v) is 5.83. The summed E-state index contributed by atoms with van der Waals surface area (Å²) in [6, 6.07) is 2.20. The minimum absolute atomic E-state index is 0.119. The van der Waals surface area contributed by atoms with E-state index in [1.165, 1.54) is 0 Å². The van der Waals surface area contributed by atoms with Crippen LogP contribution in [0.15, 0.2) is 16.9 Å². The zero-order valence-corrected chi connectivity index (χ0v) is 16.7. The van der Waals surface area contributed by atoms with Crippen molar-refractivity contribution in [3.05, 3.63) is 24.1 Å². The minimum Gasteiger partial charge on any atom is -0.396 e. The minimum atomic E-state index is 0.119. The Balaban J connectivity index is 1.38. The molecule has 9 nitrogen and oxygen atoms in total. The van der Waals surface area contributed by atoms with Gasteiger partial charge in [0.1, 0.15) is 18.0 Å². The van der Waals surface area contributed by atoms with Gasteiger partial charge in [0.15, 0.2) is 5.82 Å². The first-order chi connectivity index (χ1) is 13.6. The molecule has 0 bridgehead atoms. The lowest BCUT2D eigenvalue weighted by Gasteiger charge is -2.38. The van der Waals surface area contributed by atoms with Crippen molar-refractivity contribution < 1.29 is 9.63 Å². The van der Waals surface area contributed by atoms with Crippen molar-refractivity contribution in [3.8, 4) is 0 Å². The summed E-state index contributed by atoms with van der Waals surface area (Å²) in [6.45, 7) is 9.67. The van der Waals surface area contributed by atoms with Gasteiger partial charge in [-0.1, -0.05) is 5.16 Å². The molecule has 0 spiro atoms.